The number of anilines is 1. The number of aliphatic hydroxyl groups is 2. The lowest BCUT2D eigenvalue weighted by molar-refractivity contribution is -0.145. The molecule has 17 nitrogen and oxygen atoms in total. The number of aliphatic hydroxyl groups excluding tert-OH is 2. The number of hydrogen-bond donors (Lipinski definition) is 7. The summed E-state index contributed by atoms with van der Waals surface area (Å²) < 4.78 is 11.2. The zero-order valence-electron chi connectivity index (χ0n) is 39.7. The van der Waals surface area contributed by atoms with Crippen LogP contribution in [0.3, 0.4) is 0 Å². The fourth-order valence-electron chi connectivity index (χ4n) is 8.39. The highest BCUT2D eigenvalue weighted by molar-refractivity contribution is 5.96. The highest BCUT2D eigenvalue weighted by atomic mass is 16.5. The summed E-state index contributed by atoms with van der Waals surface area (Å²) in [5, 5.41) is 33.6. The average Bonchev–Trinajstić information content (AvgIpc) is 3.91. The number of carbonyl (C=O) groups excluding carboxylic acids is 5. The molecule has 0 radical (unpaired) electrons. The van der Waals surface area contributed by atoms with E-state index in [1.54, 1.807) is 45.4 Å². The Morgan fingerprint density at radius 2 is 1.65 bits per heavy atom. The predicted molar refractivity (Wildman–Crippen MR) is 255 cm³/mol. The van der Waals surface area contributed by atoms with Crippen LogP contribution in [0.4, 0.5) is 5.69 Å². The first-order chi connectivity index (χ1) is 31.7. The molecule has 1 aliphatic rings. The number of nitrogens with one attached hydrogen (secondary N) is 5. The largest absolute Gasteiger partial charge is 0.494 e. The van der Waals surface area contributed by atoms with Crippen molar-refractivity contribution >= 4 is 46.1 Å². The minimum atomic E-state index is -1.56. The van der Waals surface area contributed by atoms with Gasteiger partial charge in [0, 0.05) is 71.1 Å². The van der Waals surface area contributed by atoms with E-state index in [9.17, 15) is 34.2 Å². The third-order valence-corrected chi connectivity index (χ3v) is 12.0. The number of ether oxygens (including phenoxy) is 2. The second-order valence-corrected chi connectivity index (χ2v) is 17.0. The number of rotatable bonds is 27. The van der Waals surface area contributed by atoms with Gasteiger partial charge in [0.1, 0.15) is 29.9 Å². The lowest BCUT2D eigenvalue weighted by Gasteiger charge is -2.34. The molecular formula is C49H72N8O9. The molecule has 0 aliphatic carbocycles. The third kappa shape index (κ3) is 14.4. The van der Waals surface area contributed by atoms with Crippen molar-refractivity contribution in [1.29, 1.82) is 0 Å². The fraction of sp³-hybridized carbons (Fsp3) is 0.531. The molecule has 0 bridgehead atoms. The van der Waals surface area contributed by atoms with Gasteiger partial charge in [-0.1, -0.05) is 69.7 Å². The van der Waals surface area contributed by atoms with Gasteiger partial charge in [0.25, 0.3) is 0 Å². The maximum Gasteiger partial charge on any atom is 0.245 e. The van der Waals surface area contributed by atoms with Crippen molar-refractivity contribution < 1.29 is 43.7 Å². The van der Waals surface area contributed by atoms with E-state index < -0.39 is 72.5 Å². The van der Waals surface area contributed by atoms with Crippen molar-refractivity contribution in [2.75, 3.05) is 67.1 Å². The average molecular weight is 917 g/mol. The molecule has 5 amide bonds. The summed E-state index contributed by atoms with van der Waals surface area (Å²) in [5.41, 5.74) is 3.21. The number of methoxy groups -OCH3 is 1. The monoisotopic (exact) mass is 917 g/mol. The van der Waals surface area contributed by atoms with Gasteiger partial charge in [-0.3, -0.25) is 28.9 Å². The third-order valence-electron chi connectivity index (χ3n) is 12.0. The Bertz CT molecular complexity index is 2110. The van der Waals surface area contributed by atoms with Gasteiger partial charge < -0.3 is 55.7 Å². The minimum absolute atomic E-state index is 0.0145. The van der Waals surface area contributed by atoms with Crippen molar-refractivity contribution in [3.05, 3.63) is 90.3 Å². The van der Waals surface area contributed by atoms with Gasteiger partial charge in [0.15, 0.2) is 0 Å². The number of carbonyl (C=O) groups is 5. The number of β-amino-alcohol motifs (C(OH)–C–C–N with tert-alkyl or cyclic N) is 1. The van der Waals surface area contributed by atoms with Crippen LogP contribution in [0.15, 0.2) is 79.2 Å². The van der Waals surface area contributed by atoms with Gasteiger partial charge >= 0.3 is 0 Å². The van der Waals surface area contributed by atoms with E-state index in [4.69, 9.17) is 9.47 Å². The number of nitrogens with zero attached hydrogens (tertiary/aromatic N) is 3. The molecule has 6 unspecified atom stereocenters. The summed E-state index contributed by atoms with van der Waals surface area (Å²) >= 11 is 0. The normalized spacial score (nSPS) is 17.5. The number of likely N-dealkylation sites (tertiary alicyclic amines) is 1. The van der Waals surface area contributed by atoms with Gasteiger partial charge in [-0.25, -0.2) is 0 Å². The molecular weight excluding hydrogens is 845 g/mol. The fourth-order valence-corrected chi connectivity index (χ4v) is 8.39. The van der Waals surface area contributed by atoms with E-state index in [0.29, 0.717) is 31.6 Å². The van der Waals surface area contributed by atoms with Crippen LogP contribution >= 0.6 is 0 Å². The number of H-pyrrole nitrogens is 1. The zero-order chi connectivity index (χ0) is 48.3. The molecule has 4 rings (SSSR count). The quantitative estimate of drug-likeness (QED) is 0.0435. The first-order valence-corrected chi connectivity index (χ1v) is 22.9. The van der Waals surface area contributed by atoms with E-state index in [1.807, 2.05) is 68.5 Å². The van der Waals surface area contributed by atoms with Crippen LogP contribution < -0.4 is 21.3 Å². The minimum Gasteiger partial charge on any atom is -0.494 e. The number of para-hydroxylation sites is 2. The van der Waals surface area contributed by atoms with E-state index in [1.165, 1.54) is 16.9 Å². The Hall–Kier alpha value is -5.75. The molecule has 3 aromatic rings. The molecule has 1 aliphatic heterocycles. The molecule has 1 aromatic heterocycles. The topological polar surface area (TPSA) is 218 Å². The van der Waals surface area contributed by atoms with Crippen molar-refractivity contribution in [3.8, 4) is 0 Å². The number of fused-ring (bicyclic) bond motifs is 1. The Kier molecular flexibility index (Phi) is 21.2. The summed E-state index contributed by atoms with van der Waals surface area (Å²) in [6.07, 6.45) is 7.68. The second-order valence-electron chi connectivity index (χ2n) is 17.0. The van der Waals surface area contributed by atoms with E-state index in [0.717, 1.165) is 40.6 Å². The van der Waals surface area contributed by atoms with E-state index >= 15 is 0 Å². The van der Waals surface area contributed by atoms with Crippen molar-refractivity contribution in [2.45, 2.75) is 107 Å². The molecule has 7 atom stereocenters. The summed E-state index contributed by atoms with van der Waals surface area (Å²) in [5.74, 6) is -2.77. The van der Waals surface area contributed by atoms with Crippen LogP contribution in [0.5, 0.6) is 0 Å². The summed E-state index contributed by atoms with van der Waals surface area (Å²) in [7, 11) is 8.09. The number of amides is 5. The summed E-state index contributed by atoms with van der Waals surface area (Å²) in [6, 6.07) is 9.47. The maximum atomic E-state index is 14.9. The molecule has 1 fully saturated rings. The molecule has 2 heterocycles. The van der Waals surface area contributed by atoms with E-state index in [-0.39, 0.29) is 38.4 Å². The first-order valence-electron chi connectivity index (χ1n) is 22.9. The molecule has 1 saturated heterocycles. The predicted octanol–water partition coefficient (Wildman–Crippen LogP) is 3.40. The number of aromatic amines is 1. The Morgan fingerprint density at radius 3 is 2.32 bits per heavy atom. The molecule has 362 valence electrons. The lowest BCUT2D eigenvalue weighted by Crippen LogP contribution is -2.60. The number of unbranched alkanes of at least 4 members (excludes halogenated alkanes) is 1. The van der Waals surface area contributed by atoms with Crippen LogP contribution in [0, 0.1) is 0 Å². The first kappa shape index (κ1) is 52.9. The van der Waals surface area contributed by atoms with Crippen LogP contribution in [-0.4, -0.2) is 158 Å². The Labute approximate surface area is 389 Å². The number of likely N-dealkylation sites (N-methyl/N-ethyl adjacent to an activating group) is 2. The maximum absolute atomic E-state index is 14.9. The van der Waals surface area contributed by atoms with Crippen LogP contribution in [0.25, 0.3) is 10.9 Å². The standard InChI is InChI=1S/C49H72N8O9/c1-9-12-21-43(49(64)55(5)6)56(7)48(63)41(25-32(22-23-35(11-3)66-24-10-2)36-17-13-15-19-38(36)50-4)53-46(61)42(30-58)54-45(60)40(26-33-28-51-39-20-16-14-18-37(33)39)52-47(62)44-27-34(59)29-57(44)31-65-8/h11,13-20,23,28,32,34,40-44,50-51,58-59H,3,9-10,12,21-22,24-27,29-31H2,1-2,4-8H3,(H,52,62)(H,53,61)(H,54,60)/b35-23+/t32?,34-,40?,41?,42?,43?,44?/m1/s1. The van der Waals surface area contributed by atoms with Crippen molar-refractivity contribution in [1.82, 2.24) is 35.6 Å². The van der Waals surface area contributed by atoms with Gasteiger partial charge in [0.05, 0.1) is 32.1 Å². The van der Waals surface area contributed by atoms with Crippen LogP contribution in [-0.2, 0) is 39.9 Å². The molecule has 2 aromatic carbocycles. The molecule has 7 N–H and O–H groups in total. The van der Waals surface area contributed by atoms with Crippen molar-refractivity contribution in [3.63, 3.8) is 0 Å². The van der Waals surface area contributed by atoms with Gasteiger partial charge in [-0.2, -0.15) is 0 Å². The van der Waals surface area contributed by atoms with Gasteiger partial charge in [-0.15, -0.1) is 0 Å². The molecule has 66 heavy (non-hydrogen) atoms. The Balaban J connectivity index is 1.71. The Morgan fingerprint density at radius 1 is 0.955 bits per heavy atom. The SMILES string of the molecule is C=C/C(=C\CC(CC(NC(=O)C(CO)NC(=O)C(Cc1c[nH]c2ccccc12)NC(=O)C1C[C@@H](O)CN1COC)C(=O)N(C)C(CCCC)C(=O)N(C)C)c1ccccc1NC)OCCC. The lowest BCUT2D eigenvalue weighted by atomic mass is 9.87. The van der Waals surface area contributed by atoms with Gasteiger partial charge in [-0.05, 0) is 73.4 Å². The number of aromatic nitrogens is 1. The van der Waals surface area contributed by atoms with Gasteiger partial charge in [0.2, 0.25) is 29.5 Å². The summed E-state index contributed by atoms with van der Waals surface area (Å²) in [6.45, 7) is 7.83. The van der Waals surface area contributed by atoms with Crippen LogP contribution in [0.1, 0.15) is 75.8 Å². The zero-order valence-corrected chi connectivity index (χ0v) is 39.7. The number of allylic oxidation sites excluding steroid dienone is 2. The molecule has 17 heteroatoms. The molecule has 0 spiro atoms. The molecule has 0 saturated carbocycles. The highest BCUT2D eigenvalue weighted by Crippen LogP contribution is 2.33. The second kappa shape index (κ2) is 26.4. The number of hydrogen-bond acceptors (Lipinski definition) is 11. The highest BCUT2D eigenvalue weighted by Gasteiger charge is 2.39. The summed E-state index contributed by atoms with van der Waals surface area (Å²) in [4.78, 5) is 78.9. The smallest absolute Gasteiger partial charge is 0.245 e. The number of benzene rings is 2. The van der Waals surface area contributed by atoms with Crippen LogP contribution in [0.2, 0.25) is 0 Å². The van der Waals surface area contributed by atoms with Crippen molar-refractivity contribution in [2.24, 2.45) is 0 Å². The van der Waals surface area contributed by atoms with E-state index in [2.05, 4.69) is 32.8 Å².